The number of fused-ring (bicyclic) bond motifs is 2. The van der Waals surface area contributed by atoms with Crippen LogP contribution < -0.4 is 16.6 Å². The number of aromatic amines is 1. The number of hydrogen-bond acceptors (Lipinski definition) is 7. The second kappa shape index (κ2) is 7.48. The molecule has 3 heterocycles. The average Bonchev–Trinajstić information content (AvgIpc) is 3.23. The number of hydrogen-bond donors (Lipinski definition) is 3. The van der Waals surface area contributed by atoms with Crippen LogP contribution in [0.15, 0.2) is 59.7 Å². The summed E-state index contributed by atoms with van der Waals surface area (Å²) in [6.45, 7) is 0.407. The van der Waals surface area contributed by atoms with Gasteiger partial charge in [0.05, 0.1) is 22.9 Å². The zero-order chi connectivity index (χ0) is 21.4. The van der Waals surface area contributed by atoms with Gasteiger partial charge in [-0.25, -0.2) is 14.4 Å². The Morgan fingerprint density at radius 1 is 1.10 bits per heavy atom. The van der Waals surface area contributed by atoms with Gasteiger partial charge in [0.1, 0.15) is 17.2 Å². The zero-order valence-corrected chi connectivity index (χ0v) is 16.2. The highest BCUT2D eigenvalue weighted by Crippen LogP contribution is 2.18. The van der Waals surface area contributed by atoms with Gasteiger partial charge in [0.15, 0.2) is 11.5 Å². The van der Waals surface area contributed by atoms with E-state index in [0.717, 1.165) is 0 Å². The topological polar surface area (TPSA) is 127 Å². The van der Waals surface area contributed by atoms with Gasteiger partial charge in [-0.2, -0.15) is 9.97 Å². The molecule has 5 aromatic rings. The van der Waals surface area contributed by atoms with Crippen molar-refractivity contribution in [3.8, 4) is 5.69 Å². The third-order valence-corrected chi connectivity index (χ3v) is 4.85. The number of halogens is 1. The molecule has 0 amide bonds. The molecular weight excluding hydrogens is 399 g/mol. The van der Waals surface area contributed by atoms with E-state index in [-0.39, 0.29) is 16.9 Å². The Morgan fingerprint density at radius 3 is 2.77 bits per heavy atom. The molecule has 0 unspecified atom stereocenters. The molecule has 0 spiro atoms. The fraction of sp³-hybridized carbons (Fsp3) is 0.0952. The molecule has 0 aliphatic rings. The summed E-state index contributed by atoms with van der Waals surface area (Å²) in [5.41, 5.74) is 7.63. The number of nitrogens with two attached hydrogens (primary N) is 1. The van der Waals surface area contributed by atoms with Crippen molar-refractivity contribution in [2.75, 3.05) is 17.6 Å². The lowest BCUT2D eigenvalue weighted by molar-refractivity contribution is 0.629. The minimum Gasteiger partial charge on any atom is -0.368 e. The van der Waals surface area contributed by atoms with E-state index in [1.807, 2.05) is 30.3 Å². The lowest BCUT2D eigenvalue weighted by Gasteiger charge is -2.14. The van der Waals surface area contributed by atoms with Gasteiger partial charge >= 0.3 is 0 Å². The molecular formula is C21H17FN8O. The Balaban J connectivity index is 1.53. The van der Waals surface area contributed by atoms with Gasteiger partial charge in [0.2, 0.25) is 5.95 Å². The first-order chi connectivity index (χ1) is 15.1. The van der Waals surface area contributed by atoms with Crippen LogP contribution in [0.5, 0.6) is 0 Å². The normalized spacial score (nSPS) is 11.3. The molecule has 5 rings (SSSR count). The van der Waals surface area contributed by atoms with Crippen molar-refractivity contribution in [2.45, 2.75) is 6.42 Å². The number of anilines is 2. The monoisotopic (exact) mass is 416 g/mol. The van der Waals surface area contributed by atoms with Gasteiger partial charge in [0, 0.05) is 13.0 Å². The van der Waals surface area contributed by atoms with E-state index in [9.17, 15) is 9.18 Å². The van der Waals surface area contributed by atoms with Crippen molar-refractivity contribution >= 4 is 33.8 Å². The van der Waals surface area contributed by atoms with E-state index in [2.05, 4.69) is 30.2 Å². The maximum absolute atomic E-state index is 13.8. The molecule has 9 nitrogen and oxygen atoms in total. The van der Waals surface area contributed by atoms with Crippen molar-refractivity contribution in [1.29, 1.82) is 0 Å². The number of imidazole rings is 1. The minimum atomic E-state index is -0.482. The Hall–Kier alpha value is -4.34. The maximum Gasteiger partial charge on any atom is 0.266 e. The largest absolute Gasteiger partial charge is 0.368 e. The molecule has 31 heavy (non-hydrogen) atoms. The van der Waals surface area contributed by atoms with E-state index in [4.69, 9.17) is 5.73 Å². The Bertz CT molecular complexity index is 1460. The Morgan fingerprint density at radius 2 is 1.94 bits per heavy atom. The standard InChI is InChI=1S/C21H17FN8O/c22-12-6-7-15-14(10-12)20(31)30(13-4-2-1-3-5-13)16(27-15)8-9-24-18-17-19(26-11-25-17)29-21(23)28-18/h1-7,10-11H,8-9H2,(H4,23,24,25,26,28,29). The molecule has 0 saturated carbocycles. The van der Waals surface area contributed by atoms with Crippen molar-refractivity contribution in [3.05, 3.63) is 76.9 Å². The summed E-state index contributed by atoms with van der Waals surface area (Å²) in [6.07, 6.45) is 1.91. The first-order valence-corrected chi connectivity index (χ1v) is 9.57. The molecule has 0 fully saturated rings. The van der Waals surface area contributed by atoms with Gasteiger partial charge in [-0.15, -0.1) is 0 Å². The lowest BCUT2D eigenvalue weighted by atomic mass is 10.2. The predicted octanol–water partition coefficient (Wildman–Crippen LogP) is 2.43. The molecule has 0 bridgehead atoms. The second-order valence-corrected chi connectivity index (χ2v) is 6.87. The van der Waals surface area contributed by atoms with E-state index in [0.29, 0.717) is 47.0 Å². The number of benzene rings is 2. The van der Waals surface area contributed by atoms with Crippen LogP contribution in [-0.4, -0.2) is 36.0 Å². The van der Waals surface area contributed by atoms with Gasteiger partial charge in [-0.05, 0) is 30.3 Å². The summed E-state index contributed by atoms with van der Waals surface area (Å²) in [6, 6.07) is 13.2. The van der Waals surface area contributed by atoms with Crippen LogP contribution in [0.3, 0.4) is 0 Å². The fourth-order valence-electron chi connectivity index (χ4n) is 3.48. The van der Waals surface area contributed by atoms with Crippen LogP contribution in [0.2, 0.25) is 0 Å². The van der Waals surface area contributed by atoms with Crippen LogP contribution in [-0.2, 0) is 6.42 Å². The molecule has 0 saturated heterocycles. The van der Waals surface area contributed by atoms with Gasteiger partial charge in [0.25, 0.3) is 5.56 Å². The molecule has 2 aromatic carbocycles. The number of nitrogen functional groups attached to an aromatic ring is 1. The Kier molecular flexibility index (Phi) is 4.51. The molecule has 0 atom stereocenters. The molecule has 154 valence electrons. The highest BCUT2D eigenvalue weighted by Gasteiger charge is 2.14. The van der Waals surface area contributed by atoms with Crippen molar-refractivity contribution in [1.82, 2.24) is 29.5 Å². The number of H-pyrrole nitrogens is 1. The summed E-state index contributed by atoms with van der Waals surface area (Å²) >= 11 is 0. The molecule has 0 aliphatic carbocycles. The van der Waals surface area contributed by atoms with Crippen molar-refractivity contribution < 1.29 is 4.39 Å². The van der Waals surface area contributed by atoms with E-state index < -0.39 is 5.82 Å². The van der Waals surface area contributed by atoms with Gasteiger partial charge in [-0.3, -0.25) is 9.36 Å². The predicted molar refractivity (Wildman–Crippen MR) is 116 cm³/mol. The number of para-hydroxylation sites is 1. The van der Waals surface area contributed by atoms with Crippen LogP contribution in [0.1, 0.15) is 5.82 Å². The lowest BCUT2D eigenvalue weighted by Crippen LogP contribution is -2.25. The summed E-state index contributed by atoms with van der Waals surface area (Å²) in [5.74, 6) is 0.652. The smallest absolute Gasteiger partial charge is 0.266 e. The van der Waals surface area contributed by atoms with Gasteiger partial charge in [-0.1, -0.05) is 18.2 Å². The summed E-state index contributed by atoms with van der Waals surface area (Å²) in [4.78, 5) is 33.2. The minimum absolute atomic E-state index is 0.117. The Labute approximate surface area is 174 Å². The molecule has 4 N–H and O–H groups in total. The van der Waals surface area contributed by atoms with Crippen molar-refractivity contribution in [2.24, 2.45) is 0 Å². The molecule has 3 aromatic heterocycles. The molecule has 0 radical (unpaired) electrons. The van der Waals surface area contributed by atoms with Crippen LogP contribution in [0.4, 0.5) is 16.2 Å². The van der Waals surface area contributed by atoms with Crippen LogP contribution >= 0.6 is 0 Å². The second-order valence-electron chi connectivity index (χ2n) is 6.87. The number of rotatable bonds is 5. The fourth-order valence-corrected chi connectivity index (χ4v) is 3.48. The number of nitrogens with zero attached hydrogens (tertiary/aromatic N) is 5. The summed E-state index contributed by atoms with van der Waals surface area (Å²) in [7, 11) is 0. The summed E-state index contributed by atoms with van der Waals surface area (Å²) in [5, 5.41) is 3.41. The highest BCUT2D eigenvalue weighted by atomic mass is 19.1. The van der Waals surface area contributed by atoms with Gasteiger partial charge < -0.3 is 16.0 Å². The van der Waals surface area contributed by atoms with E-state index in [1.165, 1.54) is 29.1 Å². The average molecular weight is 416 g/mol. The molecule has 0 aliphatic heterocycles. The number of nitrogens with one attached hydrogen (secondary N) is 2. The molecule has 10 heteroatoms. The third-order valence-electron chi connectivity index (χ3n) is 4.85. The van der Waals surface area contributed by atoms with E-state index in [1.54, 1.807) is 0 Å². The van der Waals surface area contributed by atoms with Crippen molar-refractivity contribution in [3.63, 3.8) is 0 Å². The zero-order valence-electron chi connectivity index (χ0n) is 16.2. The third kappa shape index (κ3) is 3.44. The first kappa shape index (κ1) is 18.7. The van der Waals surface area contributed by atoms with E-state index >= 15 is 0 Å². The summed E-state index contributed by atoms with van der Waals surface area (Å²) < 4.78 is 15.3. The first-order valence-electron chi connectivity index (χ1n) is 9.57. The SMILES string of the molecule is Nc1nc(NCCc2nc3ccc(F)cc3c(=O)n2-c2ccccc2)c2nc[nH]c2n1. The number of aromatic nitrogens is 6. The van der Waals surface area contributed by atoms with Crippen LogP contribution in [0.25, 0.3) is 27.8 Å². The maximum atomic E-state index is 13.8. The van der Waals surface area contributed by atoms with Crippen LogP contribution in [0, 0.1) is 5.82 Å². The highest BCUT2D eigenvalue weighted by molar-refractivity contribution is 5.83. The quantitative estimate of drug-likeness (QED) is 0.401.